The molecule has 1 aliphatic rings. The summed E-state index contributed by atoms with van der Waals surface area (Å²) in [5, 5.41) is 20.4. The Labute approximate surface area is 147 Å². The zero-order chi connectivity index (χ0) is 18.0. The first kappa shape index (κ1) is 17.2. The van der Waals surface area contributed by atoms with Crippen molar-refractivity contribution in [1.82, 2.24) is 0 Å². The van der Waals surface area contributed by atoms with Gasteiger partial charge < -0.3 is 24.4 Å². The van der Waals surface area contributed by atoms with E-state index in [-0.39, 0.29) is 5.75 Å². The van der Waals surface area contributed by atoms with Crippen LogP contribution in [0.3, 0.4) is 0 Å². The van der Waals surface area contributed by atoms with E-state index in [0.29, 0.717) is 23.7 Å². The molecule has 0 fully saturated rings. The molecule has 0 saturated heterocycles. The largest absolute Gasteiger partial charge is 0.504 e. The second-order valence-corrected chi connectivity index (χ2v) is 6.02. The van der Waals surface area contributed by atoms with Gasteiger partial charge in [-0.25, -0.2) is 0 Å². The number of aliphatic hydroxyl groups is 1. The minimum atomic E-state index is -0.717. The Morgan fingerprint density at radius 2 is 1.96 bits per heavy atom. The van der Waals surface area contributed by atoms with Gasteiger partial charge >= 0.3 is 0 Å². The molecule has 2 N–H and O–H groups in total. The van der Waals surface area contributed by atoms with E-state index in [1.54, 1.807) is 19.2 Å². The van der Waals surface area contributed by atoms with Crippen LogP contribution in [0.2, 0.25) is 0 Å². The third-order valence-electron chi connectivity index (χ3n) is 4.35. The highest BCUT2D eigenvalue weighted by molar-refractivity contribution is 5.52. The molecule has 3 rings (SSSR count). The molecule has 0 bridgehead atoms. The molecule has 1 heterocycles. The van der Waals surface area contributed by atoms with Crippen LogP contribution < -0.4 is 14.2 Å². The topological polar surface area (TPSA) is 68.2 Å². The quantitative estimate of drug-likeness (QED) is 0.817. The Hall–Kier alpha value is -2.66. The number of aromatic hydroxyl groups is 1. The van der Waals surface area contributed by atoms with Crippen molar-refractivity contribution in [2.24, 2.45) is 0 Å². The molecule has 132 valence electrons. The summed E-state index contributed by atoms with van der Waals surface area (Å²) < 4.78 is 16.7. The number of phenolic OH excluding ortho intramolecular Hbond substituents is 1. The van der Waals surface area contributed by atoms with Gasteiger partial charge in [0.05, 0.1) is 20.3 Å². The number of phenols is 1. The molecule has 0 aromatic heterocycles. The summed E-state index contributed by atoms with van der Waals surface area (Å²) in [6, 6.07) is 8.86. The zero-order valence-electron chi connectivity index (χ0n) is 14.4. The standard InChI is InChI=1S/C20H22O5/c1-4-5-12-8-14-10-16(22)19(25-20(14)18(9-12)24-3)13-6-7-15(21)17(11-13)23-2/h4,6-9,11,16,19,21-22H,1,5,10H2,2-3H3. The molecule has 1 aliphatic heterocycles. The Kier molecular flexibility index (Phi) is 4.86. The molecule has 5 nitrogen and oxygen atoms in total. The van der Waals surface area contributed by atoms with Crippen molar-refractivity contribution in [3.05, 3.63) is 59.7 Å². The molecular formula is C20H22O5. The van der Waals surface area contributed by atoms with Gasteiger partial charge in [0.25, 0.3) is 0 Å². The highest BCUT2D eigenvalue weighted by Gasteiger charge is 2.32. The molecule has 2 aromatic rings. The molecule has 0 amide bonds. The number of hydrogen-bond donors (Lipinski definition) is 2. The van der Waals surface area contributed by atoms with Gasteiger partial charge in [-0.2, -0.15) is 0 Å². The number of benzene rings is 2. The van der Waals surface area contributed by atoms with Crippen LogP contribution in [-0.4, -0.2) is 30.5 Å². The van der Waals surface area contributed by atoms with Gasteiger partial charge in [0.2, 0.25) is 0 Å². The van der Waals surface area contributed by atoms with E-state index >= 15 is 0 Å². The monoisotopic (exact) mass is 342 g/mol. The lowest BCUT2D eigenvalue weighted by atomic mass is 9.92. The minimum absolute atomic E-state index is 0.0450. The summed E-state index contributed by atoms with van der Waals surface area (Å²) in [7, 11) is 3.08. The molecule has 2 aromatic carbocycles. The summed E-state index contributed by atoms with van der Waals surface area (Å²) in [6.07, 6.45) is 1.71. The number of ether oxygens (including phenoxy) is 3. The van der Waals surface area contributed by atoms with Crippen LogP contribution in [0.15, 0.2) is 43.0 Å². The molecule has 0 radical (unpaired) electrons. The Morgan fingerprint density at radius 3 is 2.64 bits per heavy atom. The van der Waals surface area contributed by atoms with E-state index in [0.717, 1.165) is 23.1 Å². The first-order valence-electron chi connectivity index (χ1n) is 8.09. The fraction of sp³-hybridized carbons (Fsp3) is 0.300. The van der Waals surface area contributed by atoms with Gasteiger partial charge in [-0.05, 0) is 35.7 Å². The third kappa shape index (κ3) is 3.28. The highest BCUT2D eigenvalue weighted by Crippen LogP contribution is 2.43. The molecular weight excluding hydrogens is 320 g/mol. The maximum absolute atomic E-state index is 10.6. The average molecular weight is 342 g/mol. The van der Waals surface area contributed by atoms with Crippen LogP contribution in [0, 0.1) is 0 Å². The number of rotatable bonds is 5. The number of aliphatic hydroxyl groups excluding tert-OH is 1. The average Bonchev–Trinajstić information content (AvgIpc) is 2.61. The summed E-state index contributed by atoms with van der Waals surface area (Å²) in [4.78, 5) is 0. The normalized spacial score (nSPS) is 18.8. The SMILES string of the molecule is C=CCc1cc2c(c(OC)c1)OC(c1ccc(O)c(OC)c1)C(O)C2. The smallest absolute Gasteiger partial charge is 0.165 e. The van der Waals surface area contributed by atoms with E-state index in [1.807, 2.05) is 18.2 Å². The van der Waals surface area contributed by atoms with Crippen LogP contribution >= 0.6 is 0 Å². The predicted molar refractivity (Wildman–Crippen MR) is 94.6 cm³/mol. The van der Waals surface area contributed by atoms with Gasteiger partial charge in [0.15, 0.2) is 29.1 Å². The minimum Gasteiger partial charge on any atom is -0.504 e. The fourth-order valence-electron chi connectivity index (χ4n) is 3.14. The first-order valence-corrected chi connectivity index (χ1v) is 8.09. The van der Waals surface area contributed by atoms with Gasteiger partial charge in [-0.3, -0.25) is 0 Å². The molecule has 2 atom stereocenters. The highest BCUT2D eigenvalue weighted by atomic mass is 16.5. The van der Waals surface area contributed by atoms with Gasteiger partial charge in [-0.15, -0.1) is 6.58 Å². The van der Waals surface area contributed by atoms with Crippen molar-refractivity contribution in [2.45, 2.75) is 25.0 Å². The zero-order valence-corrected chi connectivity index (χ0v) is 14.4. The van der Waals surface area contributed by atoms with Crippen molar-refractivity contribution in [1.29, 1.82) is 0 Å². The lowest BCUT2D eigenvalue weighted by Crippen LogP contribution is -2.30. The Balaban J connectivity index is 1.99. The predicted octanol–water partition coefficient (Wildman–Crippen LogP) is 3.18. The molecule has 0 saturated carbocycles. The summed E-state index contributed by atoms with van der Waals surface area (Å²) in [5.74, 6) is 1.66. The number of methoxy groups -OCH3 is 2. The summed E-state index contributed by atoms with van der Waals surface area (Å²) >= 11 is 0. The van der Waals surface area contributed by atoms with Crippen molar-refractivity contribution in [3.63, 3.8) is 0 Å². The van der Waals surface area contributed by atoms with Crippen LogP contribution in [0.25, 0.3) is 0 Å². The van der Waals surface area contributed by atoms with Crippen molar-refractivity contribution >= 4 is 0 Å². The maximum atomic E-state index is 10.6. The molecule has 0 spiro atoms. The van der Waals surface area contributed by atoms with Gasteiger partial charge in [0, 0.05) is 12.0 Å². The van der Waals surface area contributed by atoms with Gasteiger partial charge in [-0.1, -0.05) is 18.2 Å². The van der Waals surface area contributed by atoms with Crippen LogP contribution in [0.4, 0.5) is 0 Å². The molecule has 0 aliphatic carbocycles. The lowest BCUT2D eigenvalue weighted by molar-refractivity contribution is 0.0188. The lowest BCUT2D eigenvalue weighted by Gasteiger charge is -2.32. The third-order valence-corrected chi connectivity index (χ3v) is 4.35. The van der Waals surface area contributed by atoms with E-state index < -0.39 is 12.2 Å². The second kappa shape index (κ2) is 7.07. The van der Waals surface area contributed by atoms with Crippen LogP contribution in [0.5, 0.6) is 23.0 Å². The van der Waals surface area contributed by atoms with Crippen molar-refractivity contribution in [2.75, 3.05) is 14.2 Å². The Bertz CT molecular complexity index is 784. The van der Waals surface area contributed by atoms with E-state index in [4.69, 9.17) is 14.2 Å². The van der Waals surface area contributed by atoms with Crippen LogP contribution in [0.1, 0.15) is 22.8 Å². The number of fused-ring (bicyclic) bond motifs is 1. The first-order chi connectivity index (χ1) is 12.1. The van der Waals surface area contributed by atoms with Crippen molar-refractivity contribution in [3.8, 4) is 23.0 Å². The van der Waals surface area contributed by atoms with Crippen molar-refractivity contribution < 1.29 is 24.4 Å². The molecule has 25 heavy (non-hydrogen) atoms. The maximum Gasteiger partial charge on any atom is 0.165 e. The van der Waals surface area contributed by atoms with E-state index in [9.17, 15) is 10.2 Å². The summed E-state index contributed by atoms with van der Waals surface area (Å²) in [5.41, 5.74) is 2.70. The van der Waals surface area contributed by atoms with E-state index in [2.05, 4.69) is 6.58 Å². The fourth-order valence-corrected chi connectivity index (χ4v) is 3.14. The second-order valence-electron chi connectivity index (χ2n) is 6.02. The summed E-state index contributed by atoms with van der Waals surface area (Å²) in [6.45, 7) is 3.76. The Morgan fingerprint density at radius 1 is 1.20 bits per heavy atom. The van der Waals surface area contributed by atoms with Crippen LogP contribution in [-0.2, 0) is 12.8 Å². The van der Waals surface area contributed by atoms with Gasteiger partial charge in [0.1, 0.15) is 0 Å². The number of allylic oxidation sites excluding steroid dienone is 1. The molecule has 5 heteroatoms. The number of hydrogen-bond acceptors (Lipinski definition) is 5. The molecule has 2 unspecified atom stereocenters. The van der Waals surface area contributed by atoms with E-state index in [1.165, 1.54) is 13.2 Å².